The van der Waals surface area contributed by atoms with Gasteiger partial charge in [-0.05, 0) is 61.6 Å². The lowest BCUT2D eigenvalue weighted by molar-refractivity contribution is -0.102. The van der Waals surface area contributed by atoms with Gasteiger partial charge in [-0.2, -0.15) is 10.1 Å². The molecule has 2 aromatic heterocycles. The molecule has 1 aliphatic heterocycles. The van der Waals surface area contributed by atoms with Crippen molar-refractivity contribution in [2.24, 2.45) is 4.99 Å². The van der Waals surface area contributed by atoms with Crippen LogP contribution in [0.25, 0.3) is 16.9 Å². The van der Waals surface area contributed by atoms with Crippen molar-refractivity contribution in [1.82, 2.24) is 24.6 Å². The number of rotatable bonds is 10. The fourth-order valence-electron chi connectivity index (χ4n) is 7.34. The molecule has 46 heavy (non-hydrogen) atoms. The summed E-state index contributed by atoms with van der Waals surface area (Å²) < 4.78 is 9.94. The van der Waals surface area contributed by atoms with E-state index in [4.69, 9.17) is 9.57 Å². The molecule has 11 nitrogen and oxygen atoms in total. The molecule has 1 unspecified atom stereocenters. The Kier molecular flexibility index (Phi) is 8.74. The van der Waals surface area contributed by atoms with Gasteiger partial charge in [0.2, 0.25) is 5.78 Å². The average Bonchev–Trinajstić information content (AvgIpc) is 3.85. The number of aryl methyl sites for hydroxylation is 1. The zero-order valence-electron chi connectivity index (χ0n) is 26.3. The van der Waals surface area contributed by atoms with Crippen LogP contribution in [0, 0.1) is 0 Å². The minimum atomic E-state index is -1.23. The molecule has 2 aliphatic carbocycles. The van der Waals surface area contributed by atoms with Crippen LogP contribution in [0.4, 0.5) is 0 Å². The first-order valence-corrected chi connectivity index (χ1v) is 16.6. The first kappa shape index (κ1) is 30.7. The van der Waals surface area contributed by atoms with E-state index in [1.807, 2.05) is 33.3 Å². The fourth-order valence-corrected chi connectivity index (χ4v) is 7.34. The van der Waals surface area contributed by atoms with Crippen molar-refractivity contribution in [2.45, 2.75) is 102 Å². The number of aliphatic hydroxyl groups is 2. The lowest BCUT2D eigenvalue weighted by Gasteiger charge is -2.32. The number of amidine groups is 1. The normalized spacial score (nSPS) is 22.7. The van der Waals surface area contributed by atoms with Crippen molar-refractivity contribution >= 4 is 11.6 Å². The molecule has 7 rings (SSSR count). The Hall–Kier alpha value is -3.90. The first-order chi connectivity index (χ1) is 22.4. The van der Waals surface area contributed by atoms with Crippen molar-refractivity contribution in [1.29, 1.82) is 0 Å². The van der Waals surface area contributed by atoms with E-state index in [-0.39, 0.29) is 17.7 Å². The standard InChI is InChI=1S/C35H42N6O5/c1-2-7-30-29(20-23-10-12-24(13-11-23)27-8-3-4-9-28(27)31-38-34(43)46-39-31)32(42)40(33-36-22-37-41(30)33)25-14-16-26(17-15-25)45-21-35(44)18-5-6-19-35/h3-4,8-13,22,25-26,34,43-44H,2,5-7,14-21H2,1H3,(H,38,39). The minimum Gasteiger partial charge on any atom is -0.387 e. The maximum Gasteiger partial charge on any atom is 0.280 e. The summed E-state index contributed by atoms with van der Waals surface area (Å²) in [6.45, 7) is 2.52. The van der Waals surface area contributed by atoms with E-state index in [2.05, 4.69) is 51.7 Å². The SMILES string of the molecule is CCCc1c(Cc2ccc(-c3ccccc3C3=NC(O)ON3)cc2)c(=O)n(C2CCC(OCC3(O)CCCC3)CC2)c2ncnn12. The highest BCUT2D eigenvalue weighted by molar-refractivity contribution is 6.04. The highest BCUT2D eigenvalue weighted by Crippen LogP contribution is 2.34. The summed E-state index contributed by atoms with van der Waals surface area (Å²) >= 11 is 0. The highest BCUT2D eigenvalue weighted by Gasteiger charge is 2.34. The van der Waals surface area contributed by atoms with Gasteiger partial charge in [0.1, 0.15) is 6.33 Å². The van der Waals surface area contributed by atoms with Crippen LogP contribution in [0.15, 0.2) is 64.6 Å². The number of hydrogen-bond acceptors (Lipinski definition) is 9. The molecule has 11 heteroatoms. The number of hydrogen-bond donors (Lipinski definition) is 3. The number of ether oxygens (including phenoxy) is 1. The molecule has 242 valence electrons. The third-order valence-electron chi connectivity index (χ3n) is 9.77. The van der Waals surface area contributed by atoms with Gasteiger partial charge >= 0.3 is 0 Å². The van der Waals surface area contributed by atoms with Crippen molar-refractivity contribution in [3.63, 3.8) is 0 Å². The van der Waals surface area contributed by atoms with Crippen molar-refractivity contribution in [2.75, 3.05) is 6.61 Å². The lowest BCUT2D eigenvalue weighted by atomic mass is 9.92. The Morgan fingerprint density at radius 2 is 1.78 bits per heavy atom. The van der Waals surface area contributed by atoms with Crippen LogP contribution in [0.1, 0.15) is 93.1 Å². The van der Waals surface area contributed by atoms with Gasteiger partial charge in [0.25, 0.3) is 12.0 Å². The summed E-state index contributed by atoms with van der Waals surface area (Å²) in [5.74, 6) is 1.08. The molecule has 0 amide bonds. The van der Waals surface area contributed by atoms with E-state index in [0.29, 0.717) is 24.6 Å². The Balaban J connectivity index is 1.14. The molecule has 3 heterocycles. The summed E-state index contributed by atoms with van der Waals surface area (Å²) in [5, 5.41) is 25.0. The van der Waals surface area contributed by atoms with E-state index in [1.54, 1.807) is 6.33 Å². The Bertz CT molecular complexity index is 1770. The van der Waals surface area contributed by atoms with Gasteiger partial charge in [-0.15, -0.1) is 0 Å². The molecule has 0 saturated heterocycles. The molecule has 2 fully saturated rings. The summed E-state index contributed by atoms with van der Waals surface area (Å²) in [6, 6.07) is 16.1. The summed E-state index contributed by atoms with van der Waals surface area (Å²) in [5.41, 5.74) is 7.49. The van der Waals surface area contributed by atoms with Crippen LogP contribution >= 0.6 is 0 Å². The Morgan fingerprint density at radius 3 is 2.48 bits per heavy atom. The molecule has 4 aromatic rings. The van der Waals surface area contributed by atoms with Crippen molar-refractivity contribution < 1.29 is 19.8 Å². The van der Waals surface area contributed by atoms with Gasteiger partial charge in [0, 0.05) is 23.6 Å². The maximum absolute atomic E-state index is 14.4. The van der Waals surface area contributed by atoms with E-state index in [0.717, 1.165) is 97.7 Å². The second kappa shape index (κ2) is 13.1. The number of fused-ring (bicyclic) bond motifs is 1. The largest absolute Gasteiger partial charge is 0.387 e. The second-order valence-electron chi connectivity index (χ2n) is 12.9. The first-order valence-electron chi connectivity index (χ1n) is 16.6. The van der Waals surface area contributed by atoms with E-state index >= 15 is 0 Å². The molecule has 2 saturated carbocycles. The van der Waals surface area contributed by atoms with Crippen molar-refractivity contribution in [3.05, 3.63) is 87.6 Å². The molecule has 2 aromatic carbocycles. The van der Waals surface area contributed by atoms with Crippen LogP contribution < -0.4 is 11.0 Å². The van der Waals surface area contributed by atoms with Gasteiger partial charge in [-0.25, -0.2) is 19.8 Å². The second-order valence-corrected chi connectivity index (χ2v) is 12.9. The number of nitrogens with zero attached hydrogens (tertiary/aromatic N) is 5. The smallest absolute Gasteiger partial charge is 0.280 e. The Morgan fingerprint density at radius 1 is 1.04 bits per heavy atom. The third-order valence-corrected chi connectivity index (χ3v) is 9.77. The molecule has 0 radical (unpaired) electrons. The van der Waals surface area contributed by atoms with Gasteiger partial charge in [0.15, 0.2) is 5.84 Å². The van der Waals surface area contributed by atoms with Gasteiger partial charge in [-0.1, -0.05) is 74.7 Å². The third kappa shape index (κ3) is 6.12. The van der Waals surface area contributed by atoms with Crippen LogP contribution in [-0.2, 0) is 22.4 Å². The molecule has 0 spiro atoms. The average molecular weight is 627 g/mol. The zero-order chi connectivity index (χ0) is 31.7. The van der Waals surface area contributed by atoms with Crippen LogP contribution in [0.5, 0.6) is 0 Å². The molecule has 1 atom stereocenters. The zero-order valence-corrected chi connectivity index (χ0v) is 26.3. The molecule has 3 aliphatic rings. The fraction of sp³-hybridized carbons (Fsp3) is 0.486. The summed E-state index contributed by atoms with van der Waals surface area (Å²) in [6.07, 6.45) is 9.58. The van der Waals surface area contributed by atoms with Gasteiger partial charge in [-0.3, -0.25) is 9.36 Å². The predicted octanol–water partition coefficient (Wildman–Crippen LogP) is 4.46. The Labute approximate surface area is 267 Å². The predicted molar refractivity (Wildman–Crippen MR) is 173 cm³/mol. The van der Waals surface area contributed by atoms with Crippen LogP contribution in [0.3, 0.4) is 0 Å². The number of aliphatic imine (C=N–C) groups is 1. The quantitative estimate of drug-likeness (QED) is 0.235. The number of aliphatic hydroxyl groups excluding tert-OH is 1. The van der Waals surface area contributed by atoms with Gasteiger partial charge < -0.3 is 14.9 Å². The van der Waals surface area contributed by atoms with Crippen molar-refractivity contribution in [3.8, 4) is 11.1 Å². The van der Waals surface area contributed by atoms with Crippen LogP contribution in [-0.4, -0.2) is 59.9 Å². The minimum absolute atomic E-state index is 0.00637. The van der Waals surface area contributed by atoms with Crippen LogP contribution in [0.2, 0.25) is 0 Å². The summed E-state index contributed by atoms with van der Waals surface area (Å²) in [7, 11) is 0. The van der Waals surface area contributed by atoms with E-state index < -0.39 is 12.0 Å². The number of aromatic nitrogens is 4. The topological polar surface area (TPSA) is 136 Å². The molecule has 3 N–H and O–H groups in total. The highest BCUT2D eigenvalue weighted by atomic mass is 16.7. The molecular formula is C35H42N6O5. The van der Waals surface area contributed by atoms with Gasteiger partial charge in [0.05, 0.1) is 24.0 Å². The summed E-state index contributed by atoms with van der Waals surface area (Å²) in [4.78, 5) is 28.1. The van der Waals surface area contributed by atoms with E-state index in [1.165, 1.54) is 0 Å². The number of hydroxylamine groups is 1. The number of nitrogens with one attached hydrogen (secondary N) is 1. The maximum atomic E-state index is 14.4. The lowest BCUT2D eigenvalue weighted by Crippen LogP contribution is -2.37. The number of benzene rings is 2. The molecular weight excluding hydrogens is 584 g/mol. The molecule has 0 bridgehead atoms. The monoisotopic (exact) mass is 626 g/mol. The van der Waals surface area contributed by atoms with E-state index in [9.17, 15) is 15.0 Å².